The van der Waals surface area contributed by atoms with Crippen molar-refractivity contribution in [2.24, 2.45) is 5.41 Å². The molecule has 0 aliphatic carbocycles. The van der Waals surface area contributed by atoms with Gasteiger partial charge in [0, 0.05) is 21.6 Å². The van der Waals surface area contributed by atoms with Crippen molar-refractivity contribution in [2.75, 3.05) is 13.2 Å². The summed E-state index contributed by atoms with van der Waals surface area (Å²) < 4.78 is 25.5. The average molecular weight is 416 g/mol. The highest BCUT2D eigenvalue weighted by molar-refractivity contribution is 8.03. The van der Waals surface area contributed by atoms with Gasteiger partial charge in [0.2, 0.25) is 0 Å². The fourth-order valence-corrected chi connectivity index (χ4v) is 7.30. The normalized spacial score (nSPS) is 25.1. The summed E-state index contributed by atoms with van der Waals surface area (Å²) in [6.45, 7) is 6.82. The Morgan fingerprint density at radius 3 is 2.50 bits per heavy atom. The smallest absolute Gasteiger partial charge is 0.362 e. The van der Waals surface area contributed by atoms with Crippen molar-refractivity contribution in [3.05, 3.63) is 70.1 Å². The Morgan fingerprint density at radius 2 is 1.82 bits per heavy atom. The summed E-state index contributed by atoms with van der Waals surface area (Å²) in [5, 5.41) is 11.4. The number of thioether (sulfide) groups is 1. The molecule has 0 saturated carbocycles. The van der Waals surface area contributed by atoms with E-state index in [1.807, 2.05) is 69.3 Å². The summed E-state index contributed by atoms with van der Waals surface area (Å²) in [5.74, 6) is 0. The first-order valence-corrected chi connectivity index (χ1v) is 11.8. The van der Waals surface area contributed by atoms with Crippen molar-refractivity contribution in [3.63, 3.8) is 0 Å². The van der Waals surface area contributed by atoms with Gasteiger partial charge in [0.15, 0.2) is 0 Å². The van der Waals surface area contributed by atoms with Crippen LogP contribution in [0.2, 0.25) is 0 Å². The molecule has 0 amide bonds. The summed E-state index contributed by atoms with van der Waals surface area (Å²) in [4.78, 5) is 1.83. The second kappa shape index (κ2) is 7.47. The second-order valence-electron chi connectivity index (χ2n) is 8.21. The maximum atomic E-state index is 13.8. The lowest BCUT2D eigenvalue weighted by Crippen LogP contribution is -2.29. The molecule has 2 aliphatic heterocycles. The summed E-state index contributed by atoms with van der Waals surface area (Å²) in [7, 11) is -3.49. The number of hydrogen-bond acceptors (Lipinski definition) is 5. The fraction of sp³-hybridized carbons (Fsp3) is 0.364. The lowest BCUT2D eigenvalue weighted by atomic mass is 9.97. The number of rotatable bonds is 2. The summed E-state index contributed by atoms with van der Waals surface area (Å²) in [6, 6.07) is 15.7. The topological polar surface area (TPSA) is 55.8 Å². The molecule has 4 nitrogen and oxygen atoms in total. The third-order valence-corrected chi connectivity index (χ3v) is 8.35. The van der Waals surface area contributed by atoms with Gasteiger partial charge < -0.3 is 14.2 Å². The van der Waals surface area contributed by atoms with E-state index < -0.39 is 13.7 Å². The Bertz CT molecular complexity index is 954. The van der Waals surface area contributed by atoms with Crippen LogP contribution in [0.1, 0.15) is 43.1 Å². The highest BCUT2D eigenvalue weighted by Crippen LogP contribution is 2.67. The van der Waals surface area contributed by atoms with E-state index in [1.165, 1.54) is 0 Å². The van der Waals surface area contributed by atoms with Crippen molar-refractivity contribution >= 4 is 24.7 Å². The number of aliphatic hydroxyl groups excluding tert-OH is 1. The average Bonchev–Trinajstić information content (AvgIpc) is 2.66. The first kappa shape index (κ1) is 19.9. The number of aryl methyl sites for hydroxylation is 1. The molecule has 1 fully saturated rings. The molecule has 0 aromatic heterocycles. The van der Waals surface area contributed by atoms with Crippen molar-refractivity contribution < 1.29 is 18.7 Å². The van der Waals surface area contributed by atoms with Crippen LogP contribution in [-0.4, -0.2) is 18.3 Å². The monoisotopic (exact) mass is 416 g/mol. The molecule has 2 aromatic rings. The van der Waals surface area contributed by atoms with Crippen LogP contribution in [0.25, 0.3) is 5.31 Å². The molecule has 0 spiro atoms. The van der Waals surface area contributed by atoms with Crippen molar-refractivity contribution in [1.82, 2.24) is 0 Å². The zero-order valence-corrected chi connectivity index (χ0v) is 18.1. The van der Waals surface area contributed by atoms with Crippen LogP contribution in [0.3, 0.4) is 0 Å². The minimum absolute atomic E-state index is 0.177. The number of fused-ring (bicyclic) bond motifs is 1. The van der Waals surface area contributed by atoms with Crippen LogP contribution >= 0.6 is 19.4 Å². The number of hydrogen-bond donors (Lipinski definition) is 1. The molecule has 1 atom stereocenters. The van der Waals surface area contributed by atoms with Gasteiger partial charge in [-0.05, 0) is 24.1 Å². The Hall–Kier alpha value is -1.36. The Morgan fingerprint density at radius 1 is 1.14 bits per heavy atom. The summed E-state index contributed by atoms with van der Waals surface area (Å²) >= 11 is 1.55. The van der Waals surface area contributed by atoms with Crippen LogP contribution in [0.5, 0.6) is 0 Å². The molecule has 0 bridgehead atoms. The predicted molar refractivity (Wildman–Crippen MR) is 113 cm³/mol. The van der Waals surface area contributed by atoms with E-state index in [9.17, 15) is 9.67 Å². The molecule has 1 saturated heterocycles. The van der Waals surface area contributed by atoms with Gasteiger partial charge in [-0.15, -0.1) is 0 Å². The minimum Gasteiger partial charge on any atom is -0.388 e. The zero-order valence-electron chi connectivity index (χ0n) is 16.3. The van der Waals surface area contributed by atoms with Crippen molar-refractivity contribution in [2.45, 2.75) is 38.2 Å². The molecule has 6 heteroatoms. The van der Waals surface area contributed by atoms with E-state index in [0.717, 1.165) is 26.5 Å². The Kier molecular flexibility index (Phi) is 5.32. The van der Waals surface area contributed by atoms with Gasteiger partial charge in [0.25, 0.3) is 0 Å². The van der Waals surface area contributed by atoms with Crippen LogP contribution < -0.4 is 0 Å². The largest absolute Gasteiger partial charge is 0.388 e. The van der Waals surface area contributed by atoms with Gasteiger partial charge in [0.1, 0.15) is 0 Å². The van der Waals surface area contributed by atoms with Gasteiger partial charge in [-0.2, -0.15) is 0 Å². The van der Waals surface area contributed by atoms with E-state index in [0.29, 0.717) is 24.9 Å². The third-order valence-electron chi connectivity index (χ3n) is 4.97. The van der Waals surface area contributed by atoms with Crippen LogP contribution in [-0.2, 0) is 13.6 Å². The van der Waals surface area contributed by atoms with E-state index in [4.69, 9.17) is 9.05 Å². The van der Waals surface area contributed by atoms with Crippen molar-refractivity contribution in [1.29, 1.82) is 0 Å². The van der Waals surface area contributed by atoms with E-state index >= 15 is 0 Å². The minimum atomic E-state index is -3.49. The third kappa shape index (κ3) is 3.87. The molecule has 4 rings (SSSR count). The molecular formula is C22H25O4PS. The van der Waals surface area contributed by atoms with E-state index in [2.05, 4.69) is 0 Å². The van der Waals surface area contributed by atoms with Crippen molar-refractivity contribution in [3.8, 4) is 0 Å². The molecule has 28 heavy (non-hydrogen) atoms. The number of aliphatic hydroxyl groups is 1. The van der Waals surface area contributed by atoms with Crippen LogP contribution in [0.15, 0.2) is 58.3 Å². The van der Waals surface area contributed by atoms with Crippen LogP contribution in [0.4, 0.5) is 0 Å². The maximum absolute atomic E-state index is 13.8. The molecule has 0 radical (unpaired) electrons. The highest BCUT2D eigenvalue weighted by atomic mass is 32.2. The molecule has 2 heterocycles. The molecule has 1 N–H and O–H groups in total. The Balaban J connectivity index is 1.83. The predicted octanol–water partition coefficient (Wildman–Crippen LogP) is 6.16. The van der Waals surface area contributed by atoms with Gasteiger partial charge in [-0.25, -0.2) is 0 Å². The highest BCUT2D eigenvalue weighted by Gasteiger charge is 2.42. The standard InChI is InChI=1S/C22H25O4PS/c1-15-9-10-19-17(11-15)18(23)12-20(28-19)21(16-7-5-4-6-8-16)27(24)25-13-22(2,3)14-26-27/h4-11,18,23H,12-14H2,1-3H3/b21-20-. The molecule has 2 aliphatic rings. The van der Waals surface area contributed by atoms with Gasteiger partial charge in [-0.3, -0.25) is 4.57 Å². The first-order valence-electron chi connectivity index (χ1n) is 9.42. The SMILES string of the molecule is Cc1ccc2c(c1)C(O)C/C(=C(\c1ccccc1)P1(=O)OCC(C)(C)CO1)S2. The molecule has 148 valence electrons. The zero-order chi connectivity index (χ0) is 19.9. The molecule has 2 aromatic carbocycles. The second-order valence-corrected chi connectivity index (χ2v) is 11.3. The first-order chi connectivity index (χ1) is 13.3. The quantitative estimate of drug-likeness (QED) is 0.594. The van der Waals surface area contributed by atoms with Crippen LogP contribution in [0, 0.1) is 12.3 Å². The van der Waals surface area contributed by atoms with Gasteiger partial charge >= 0.3 is 7.60 Å². The van der Waals surface area contributed by atoms with Gasteiger partial charge in [0.05, 0.1) is 24.6 Å². The summed E-state index contributed by atoms with van der Waals surface area (Å²) in [5.41, 5.74) is 2.67. The Labute approximate surface area is 170 Å². The van der Waals surface area contributed by atoms with E-state index in [1.54, 1.807) is 11.8 Å². The van der Waals surface area contributed by atoms with E-state index in [-0.39, 0.29) is 5.41 Å². The number of benzene rings is 2. The summed E-state index contributed by atoms with van der Waals surface area (Å²) in [6.07, 6.45) is -0.247. The fourth-order valence-electron chi connectivity index (χ4n) is 3.42. The lowest BCUT2D eigenvalue weighted by molar-refractivity contribution is 0.0467. The lowest BCUT2D eigenvalue weighted by Gasteiger charge is -2.36. The van der Waals surface area contributed by atoms with Gasteiger partial charge in [-0.1, -0.05) is 73.6 Å². The molecular weight excluding hydrogens is 391 g/mol. The molecule has 1 unspecified atom stereocenters. The maximum Gasteiger partial charge on any atom is 0.362 e.